The molecular formula is C18H14N6S. The van der Waals surface area contributed by atoms with Crippen LogP contribution in [0.25, 0.3) is 16.9 Å². The van der Waals surface area contributed by atoms with Crippen LogP contribution in [-0.4, -0.2) is 24.1 Å². The molecule has 0 saturated heterocycles. The summed E-state index contributed by atoms with van der Waals surface area (Å²) < 4.78 is 3.66. The third-order valence-electron chi connectivity index (χ3n) is 3.81. The van der Waals surface area contributed by atoms with Gasteiger partial charge in [-0.1, -0.05) is 42.1 Å². The van der Waals surface area contributed by atoms with Gasteiger partial charge in [0, 0.05) is 25.0 Å². The standard InChI is InChI=1S/C18H14N6S/c1-23-11-15(14-5-3-2-4-6-14)20-17(23)12-25-18-21-16-8-7-13(9-19)10-24(16)22-18/h2-8,10-11H,12H2,1H3. The molecule has 0 aliphatic rings. The molecule has 0 aliphatic carbocycles. The van der Waals surface area contributed by atoms with Gasteiger partial charge in [0.15, 0.2) is 5.65 Å². The van der Waals surface area contributed by atoms with E-state index in [1.165, 1.54) is 11.8 Å². The van der Waals surface area contributed by atoms with E-state index in [9.17, 15) is 0 Å². The summed E-state index contributed by atoms with van der Waals surface area (Å²) in [4.78, 5) is 9.18. The normalized spacial score (nSPS) is 10.9. The SMILES string of the molecule is Cn1cc(-c2ccccc2)nc1CSc1nc2ccc(C#N)cn2n1. The summed E-state index contributed by atoms with van der Waals surface area (Å²) in [7, 11) is 1.99. The monoisotopic (exact) mass is 346 g/mol. The van der Waals surface area contributed by atoms with Crippen molar-refractivity contribution in [2.75, 3.05) is 0 Å². The van der Waals surface area contributed by atoms with Gasteiger partial charge in [-0.2, -0.15) is 5.26 Å². The summed E-state index contributed by atoms with van der Waals surface area (Å²) in [5.74, 6) is 1.63. The van der Waals surface area contributed by atoms with Crippen LogP contribution in [0.1, 0.15) is 11.4 Å². The lowest BCUT2D eigenvalue weighted by Crippen LogP contribution is -1.94. The Kier molecular flexibility index (Phi) is 3.96. The summed E-state index contributed by atoms with van der Waals surface area (Å²) in [6, 6.07) is 15.8. The molecule has 122 valence electrons. The second-order valence-corrected chi connectivity index (χ2v) is 6.48. The van der Waals surface area contributed by atoms with Gasteiger partial charge in [-0.3, -0.25) is 0 Å². The van der Waals surface area contributed by atoms with Crippen molar-refractivity contribution in [2.45, 2.75) is 10.9 Å². The number of nitriles is 1. The number of pyridine rings is 1. The van der Waals surface area contributed by atoms with Crippen molar-refractivity contribution in [1.29, 1.82) is 5.26 Å². The Balaban J connectivity index is 1.54. The second kappa shape index (κ2) is 6.42. The highest BCUT2D eigenvalue weighted by Gasteiger charge is 2.10. The first kappa shape index (κ1) is 15.4. The largest absolute Gasteiger partial charge is 0.337 e. The van der Waals surface area contributed by atoms with Gasteiger partial charge < -0.3 is 4.57 Å². The molecule has 7 heteroatoms. The highest BCUT2D eigenvalue weighted by molar-refractivity contribution is 7.98. The minimum absolute atomic E-state index is 0.561. The van der Waals surface area contributed by atoms with Crippen LogP contribution in [0.3, 0.4) is 0 Å². The van der Waals surface area contributed by atoms with Crippen LogP contribution in [0, 0.1) is 11.3 Å². The lowest BCUT2D eigenvalue weighted by atomic mass is 10.2. The smallest absolute Gasteiger partial charge is 0.209 e. The molecule has 0 unspecified atom stereocenters. The fourth-order valence-corrected chi connectivity index (χ4v) is 3.34. The van der Waals surface area contributed by atoms with Crippen molar-refractivity contribution < 1.29 is 0 Å². The van der Waals surface area contributed by atoms with E-state index in [-0.39, 0.29) is 0 Å². The maximum absolute atomic E-state index is 8.95. The Bertz CT molecular complexity index is 1070. The Morgan fingerprint density at radius 1 is 1.08 bits per heavy atom. The molecule has 4 rings (SSSR count). The lowest BCUT2D eigenvalue weighted by Gasteiger charge is -1.97. The number of imidazole rings is 1. The molecule has 4 aromatic rings. The third-order valence-corrected chi connectivity index (χ3v) is 4.65. The molecule has 3 heterocycles. The summed E-state index contributed by atoms with van der Waals surface area (Å²) in [6.07, 6.45) is 3.71. The molecule has 0 aliphatic heterocycles. The molecule has 0 bridgehead atoms. The number of fused-ring (bicyclic) bond motifs is 1. The predicted molar refractivity (Wildman–Crippen MR) is 95.9 cm³/mol. The molecule has 25 heavy (non-hydrogen) atoms. The van der Waals surface area contributed by atoms with Gasteiger partial charge in [-0.05, 0) is 12.1 Å². The number of aromatic nitrogens is 5. The second-order valence-electron chi connectivity index (χ2n) is 5.53. The Morgan fingerprint density at radius 3 is 2.72 bits per heavy atom. The van der Waals surface area contributed by atoms with Crippen molar-refractivity contribution in [1.82, 2.24) is 24.1 Å². The van der Waals surface area contributed by atoms with Gasteiger partial charge in [-0.25, -0.2) is 14.5 Å². The zero-order valence-corrected chi connectivity index (χ0v) is 14.3. The summed E-state index contributed by atoms with van der Waals surface area (Å²) in [6.45, 7) is 0. The molecule has 3 aromatic heterocycles. The molecule has 0 N–H and O–H groups in total. The molecule has 0 spiro atoms. The first-order valence-corrected chi connectivity index (χ1v) is 8.68. The van der Waals surface area contributed by atoms with Crippen LogP contribution in [-0.2, 0) is 12.8 Å². The van der Waals surface area contributed by atoms with Crippen molar-refractivity contribution in [3.05, 3.63) is 66.2 Å². The van der Waals surface area contributed by atoms with Crippen molar-refractivity contribution in [2.24, 2.45) is 7.05 Å². The number of hydrogen-bond donors (Lipinski definition) is 0. The molecule has 1 aromatic carbocycles. The van der Waals surface area contributed by atoms with Gasteiger partial charge in [0.1, 0.15) is 11.9 Å². The molecule has 0 fully saturated rings. The quantitative estimate of drug-likeness (QED) is 0.530. The minimum Gasteiger partial charge on any atom is -0.337 e. The van der Waals surface area contributed by atoms with Crippen LogP contribution < -0.4 is 0 Å². The number of rotatable bonds is 4. The summed E-state index contributed by atoms with van der Waals surface area (Å²) in [5.41, 5.74) is 3.35. The van der Waals surface area contributed by atoms with Crippen LogP contribution in [0.5, 0.6) is 0 Å². The zero-order chi connectivity index (χ0) is 17.2. The van der Waals surface area contributed by atoms with Crippen molar-refractivity contribution >= 4 is 17.4 Å². The van der Waals surface area contributed by atoms with Gasteiger partial charge in [0.05, 0.1) is 17.0 Å². The number of benzene rings is 1. The molecule has 0 radical (unpaired) electrons. The van der Waals surface area contributed by atoms with Gasteiger partial charge in [0.25, 0.3) is 0 Å². The Morgan fingerprint density at radius 2 is 1.92 bits per heavy atom. The summed E-state index contributed by atoms with van der Waals surface area (Å²) in [5, 5.41) is 14.0. The maximum atomic E-state index is 8.95. The molecular weight excluding hydrogens is 332 g/mol. The average molecular weight is 346 g/mol. The molecule has 0 amide bonds. The first-order chi connectivity index (χ1) is 12.2. The molecule has 6 nitrogen and oxygen atoms in total. The maximum Gasteiger partial charge on any atom is 0.209 e. The zero-order valence-electron chi connectivity index (χ0n) is 13.5. The molecule has 0 saturated carbocycles. The Labute approximate surface area is 148 Å². The highest BCUT2D eigenvalue weighted by atomic mass is 32.2. The number of thioether (sulfide) groups is 1. The van der Waals surface area contributed by atoms with Crippen LogP contribution in [0.4, 0.5) is 0 Å². The summed E-state index contributed by atoms with van der Waals surface area (Å²) >= 11 is 1.53. The van der Waals surface area contributed by atoms with Gasteiger partial charge >= 0.3 is 0 Å². The van der Waals surface area contributed by atoms with E-state index in [2.05, 4.69) is 28.3 Å². The van der Waals surface area contributed by atoms with Crippen LogP contribution in [0.2, 0.25) is 0 Å². The van der Waals surface area contributed by atoms with E-state index in [1.54, 1.807) is 22.8 Å². The van der Waals surface area contributed by atoms with Crippen molar-refractivity contribution in [3.63, 3.8) is 0 Å². The predicted octanol–water partition coefficient (Wildman–Crippen LogP) is 3.29. The van der Waals surface area contributed by atoms with Crippen LogP contribution in [0.15, 0.2) is 60.0 Å². The van der Waals surface area contributed by atoms with E-state index in [0.717, 1.165) is 22.7 Å². The minimum atomic E-state index is 0.561. The van der Waals surface area contributed by atoms with E-state index in [1.807, 2.05) is 36.0 Å². The van der Waals surface area contributed by atoms with Crippen LogP contribution >= 0.6 is 11.8 Å². The average Bonchev–Trinajstić information content (AvgIpc) is 3.22. The fraction of sp³-hybridized carbons (Fsp3) is 0.111. The van der Waals surface area contributed by atoms with Gasteiger partial charge in [-0.15, -0.1) is 5.10 Å². The lowest BCUT2D eigenvalue weighted by molar-refractivity contribution is 0.844. The third kappa shape index (κ3) is 3.12. The number of hydrogen-bond acceptors (Lipinski definition) is 5. The fourth-order valence-electron chi connectivity index (χ4n) is 2.51. The highest BCUT2D eigenvalue weighted by Crippen LogP contribution is 2.23. The van der Waals surface area contributed by atoms with E-state index in [0.29, 0.717) is 16.5 Å². The topological polar surface area (TPSA) is 71.8 Å². The van der Waals surface area contributed by atoms with Crippen molar-refractivity contribution in [3.8, 4) is 17.3 Å². The first-order valence-electron chi connectivity index (χ1n) is 7.70. The van der Waals surface area contributed by atoms with Gasteiger partial charge in [0.2, 0.25) is 5.16 Å². The Hall–Kier alpha value is -3.11. The number of aryl methyl sites for hydroxylation is 1. The van der Waals surface area contributed by atoms with E-state index in [4.69, 9.17) is 10.2 Å². The number of nitrogens with zero attached hydrogens (tertiary/aromatic N) is 6. The van der Waals surface area contributed by atoms with E-state index >= 15 is 0 Å². The molecule has 0 atom stereocenters. The van der Waals surface area contributed by atoms with E-state index < -0.39 is 0 Å².